The number of anilines is 1. The first-order valence-electron chi connectivity index (χ1n) is 9.87. The number of likely N-dealkylation sites (tertiary alicyclic amines) is 2. The highest BCUT2D eigenvalue weighted by molar-refractivity contribution is 5.98. The van der Waals surface area contributed by atoms with Crippen molar-refractivity contribution in [1.82, 2.24) is 9.80 Å². The predicted molar refractivity (Wildman–Crippen MR) is 110 cm³/mol. The molecule has 0 aromatic heterocycles. The molecular formula is C22H29N3O4. The number of carbonyl (C=O) groups is 3. The Morgan fingerprint density at radius 3 is 2.55 bits per heavy atom. The van der Waals surface area contributed by atoms with Crippen molar-refractivity contribution in [2.24, 2.45) is 5.41 Å². The lowest BCUT2D eigenvalue weighted by Crippen LogP contribution is -2.60. The van der Waals surface area contributed by atoms with Crippen LogP contribution in [0, 0.1) is 5.41 Å². The summed E-state index contributed by atoms with van der Waals surface area (Å²) >= 11 is 0. The van der Waals surface area contributed by atoms with Crippen molar-refractivity contribution in [3.63, 3.8) is 0 Å². The summed E-state index contributed by atoms with van der Waals surface area (Å²) in [4.78, 5) is 39.9. The molecule has 1 spiro atoms. The van der Waals surface area contributed by atoms with E-state index in [1.807, 2.05) is 37.8 Å². The smallest absolute Gasteiger partial charge is 0.410 e. The van der Waals surface area contributed by atoms with E-state index in [2.05, 4.69) is 11.9 Å². The molecule has 1 aromatic rings. The van der Waals surface area contributed by atoms with E-state index in [4.69, 9.17) is 4.74 Å². The first-order chi connectivity index (χ1) is 13.6. The lowest BCUT2D eigenvalue weighted by atomic mass is 9.79. The van der Waals surface area contributed by atoms with E-state index in [1.165, 1.54) is 6.08 Å². The summed E-state index contributed by atoms with van der Waals surface area (Å²) < 4.78 is 5.41. The van der Waals surface area contributed by atoms with Crippen LogP contribution in [-0.2, 0) is 20.7 Å². The molecule has 156 valence electrons. The van der Waals surface area contributed by atoms with Crippen LogP contribution in [0.4, 0.5) is 10.5 Å². The van der Waals surface area contributed by atoms with Crippen LogP contribution in [-0.4, -0.2) is 59.5 Å². The zero-order valence-corrected chi connectivity index (χ0v) is 17.4. The quantitative estimate of drug-likeness (QED) is 0.790. The molecule has 2 aliphatic rings. The van der Waals surface area contributed by atoms with Gasteiger partial charge in [-0.25, -0.2) is 4.79 Å². The Hall–Kier alpha value is -2.83. The van der Waals surface area contributed by atoms with Crippen molar-refractivity contribution in [2.45, 2.75) is 39.2 Å². The summed E-state index contributed by atoms with van der Waals surface area (Å²) in [7, 11) is 0. The molecule has 0 atom stereocenters. The van der Waals surface area contributed by atoms with Gasteiger partial charge in [0.05, 0.1) is 6.42 Å². The van der Waals surface area contributed by atoms with Gasteiger partial charge in [-0.1, -0.05) is 18.7 Å². The minimum absolute atomic E-state index is 0.00759. The minimum Gasteiger partial charge on any atom is -0.444 e. The van der Waals surface area contributed by atoms with Gasteiger partial charge in [-0.3, -0.25) is 9.59 Å². The number of rotatable bonds is 4. The molecule has 7 nitrogen and oxygen atoms in total. The number of nitrogens with one attached hydrogen (secondary N) is 1. The van der Waals surface area contributed by atoms with Crippen LogP contribution < -0.4 is 5.32 Å². The van der Waals surface area contributed by atoms with Crippen LogP contribution >= 0.6 is 0 Å². The Morgan fingerprint density at radius 1 is 1.21 bits per heavy atom. The topological polar surface area (TPSA) is 79.0 Å². The molecule has 0 bridgehead atoms. The van der Waals surface area contributed by atoms with Gasteiger partial charge in [0.2, 0.25) is 11.8 Å². The second kappa shape index (κ2) is 7.89. The summed E-state index contributed by atoms with van der Waals surface area (Å²) in [6, 6.07) is 7.27. The molecule has 3 rings (SSSR count). The number of amides is 3. The Balaban J connectivity index is 1.52. The van der Waals surface area contributed by atoms with Gasteiger partial charge in [-0.05, 0) is 51.0 Å². The number of ether oxygens (including phenoxy) is 1. The SMILES string of the molecule is C=CC(=O)Nc1cccc(CC(=O)N2CCC3(C2)CN(C(=O)OC(C)(C)C)C3)c1. The lowest BCUT2D eigenvalue weighted by molar-refractivity contribution is -0.130. The van der Waals surface area contributed by atoms with Gasteiger partial charge in [-0.15, -0.1) is 0 Å². The molecule has 0 saturated carbocycles. The molecule has 29 heavy (non-hydrogen) atoms. The van der Waals surface area contributed by atoms with E-state index in [-0.39, 0.29) is 29.7 Å². The Kier molecular flexibility index (Phi) is 5.68. The van der Waals surface area contributed by atoms with Crippen molar-refractivity contribution in [3.8, 4) is 0 Å². The van der Waals surface area contributed by atoms with Gasteiger partial charge in [0.15, 0.2) is 0 Å². The summed E-state index contributed by atoms with van der Waals surface area (Å²) in [5, 5.41) is 2.71. The molecule has 1 aromatic carbocycles. The van der Waals surface area contributed by atoms with Crippen LogP contribution in [0.25, 0.3) is 0 Å². The molecule has 0 radical (unpaired) electrons. The van der Waals surface area contributed by atoms with Crippen LogP contribution in [0.1, 0.15) is 32.8 Å². The zero-order chi connectivity index (χ0) is 21.2. The molecule has 7 heteroatoms. The van der Waals surface area contributed by atoms with Gasteiger partial charge in [0, 0.05) is 37.3 Å². The average molecular weight is 399 g/mol. The van der Waals surface area contributed by atoms with Crippen LogP contribution in [0.5, 0.6) is 0 Å². The van der Waals surface area contributed by atoms with E-state index in [0.717, 1.165) is 12.0 Å². The second-order valence-electron chi connectivity index (χ2n) is 8.97. The molecule has 2 saturated heterocycles. The Morgan fingerprint density at radius 2 is 1.90 bits per heavy atom. The van der Waals surface area contributed by atoms with E-state index < -0.39 is 5.60 Å². The van der Waals surface area contributed by atoms with E-state index in [0.29, 0.717) is 31.9 Å². The second-order valence-corrected chi connectivity index (χ2v) is 8.97. The van der Waals surface area contributed by atoms with Gasteiger partial charge in [-0.2, -0.15) is 0 Å². The maximum absolute atomic E-state index is 12.8. The lowest BCUT2D eigenvalue weighted by Gasteiger charge is -2.47. The van der Waals surface area contributed by atoms with Crippen molar-refractivity contribution >= 4 is 23.6 Å². The zero-order valence-electron chi connectivity index (χ0n) is 17.4. The fourth-order valence-electron chi connectivity index (χ4n) is 3.86. The number of hydrogen-bond acceptors (Lipinski definition) is 4. The Bertz CT molecular complexity index is 822. The van der Waals surface area contributed by atoms with Gasteiger partial charge in [0.25, 0.3) is 0 Å². The monoisotopic (exact) mass is 399 g/mol. The minimum atomic E-state index is -0.503. The number of nitrogens with zero attached hydrogens (tertiary/aromatic N) is 2. The number of benzene rings is 1. The van der Waals surface area contributed by atoms with E-state index >= 15 is 0 Å². The average Bonchev–Trinajstić information content (AvgIpc) is 3.05. The fourth-order valence-corrected chi connectivity index (χ4v) is 3.86. The third-order valence-corrected chi connectivity index (χ3v) is 5.23. The number of carbonyl (C=O) groups excluding carboxylic acids is 3. The summed E-state index contributed by atoms with van der Waals surface area (Å²) in [6.45, 7) is 11.6. The highest BCUT2D eigenvalue weighted by atomic mass is 16.6. The van der Waals surface area contributed by atoms with Crippen LogP contribution in [0.15, 0.2) is 36.9 Å². The third kappa shape index (κ3) is 5.16. The maximum Gasteiger partial charge on any atom is 0.410 e. The standard InChI is InChI=1S/C22H29N3O4/c1-5-18(26)23-17-8-6-7-16(11-17)12-19(27)24-10-9-22(13-24)14-25(15-22)20(28)29-21(2,3)4/h5-8,11H,1,9-10,12-15H2,2-4H3,(H,23,26). The Labute approximate surface area is 171 Å². The number of hydrogen-bond donors (Lipinski definition) is 1. The summed E-state index contributed by atoms with van der Waals surface area (Å²) in [5.41, 5.74) is 0.982. The van der Waals surface area contributed by atoms with Crippen molar-refractivity contribution < 1.29 is 19.1 Å². The molecule has 0 unspecified atom stereocenters. The van der Waals surface area contributed by atoms with Gasteiger partial charge >= 0.3 is 6.09 Å². The predicted octanol–water partition coefficient (Wildman–Crippen LogP) is 2.82. The first-order valence-corrected chi connectivity index (χ1v) is 9.87. The third-order valence-electron chi connectivity index (χ3n) is 5.23. The molecular weight excluding hydrogens is 370 g/mol. The van der Waals surface area contributed by atoms with Crippen LogP contribution in [0.2, 0.25) is 0 Å². The normalized spacial score (nSPS) is 17.6. The van der Waals surface area contributed by atoms with E-state index in [9.17, 15) is 14.4 Å². The van der Waals surface area contributed by atoms with E-state index in [1.54, 1.807) is 17.0 Å². The molecule has 1 N–H and O–H groups in total. The summed E-state index contributed by atoms with van der Waals surface area (Å²) in [6.07, 6.45) is 2.10. The van der Waals surface area contributed by atoms with Crippen molar-refractivity contribution in [1.29, 1.82) is 0 Å². The van der Waals surface area contributed by atoms with Gasteiger partial charge < -0.3 is 19.9 Å². The fraction of sp³-hybridized carbons (Fsp3) is 0.500. The highest BCUT2D eigenvalue weighted by Gasteiger charge is 2.51. The highest BCUT2D eigenvalue weighted by Crippen LogP contribution is 2.40. The largest absolute Gasteiger partial charge is 0.444 e. The molecule has 0 aliphatic carbocycles. The van der Waals surface area contributed by atoms with Crippen molar-refractivity contribution in [3.05, 3.63) is 42.5 Å². The van der Waals surface area contributed by atoms with Gasteiger partial charge in [0.1, 0.15) is 5.60 Å². The summed E-state index contributed by atoms with van der Waals surface area (Å²) in [5.74, 6) is -0.223. The maximum atomic E-state index is 12.8. The molecule has 2 aliphatic heterocycles. The first kappa shape index (κ1) is 20.9. The molecule has 2 fully saturated rings. The van der Waals surface area contributed by atoms with Crippen LogP contribution in [0.3, 0.4) is 0 Å². The molecule has 3 amide bonds. The van der Waals surface area contributed by atoms with Crippen molar-refractivity contribution in [2.75, 3.05) is 31.5 Å². The molecule has 2 heterocycles.